The van der Waals surface area contributed by atoms with Crippen LogP contribution in [0.1, 0.15) is 0 Å². The van der Waals surface area contributed by atoms with Gasteiger partial charge >= 0.3 is 6.03 Å². The first-order valence-corrected chi connectivity index (χ1v) is 9.75. The van der Waals surface area contributed by atoms with Gasteiger partial charge < -0.3 is 21.1 Å². The van der Waals surface area contributed by atoms with Crippen LogP contribution in [0.2, 0.25) is 10.2 Å². The van der Waals surface area contributed by atoms with Crippen molar-refractivity contribution in [1.29, 1.82) is 0 Å². The molecule has 4 N–H and O–H groups in total. The van der Waals surface area contributed by atoms with Crippen molar-refractivity contribution in [2.45, 2.75) is 10.1 Å². The number of benzene rings is 1. The van der Waals surface area contributed by atoms with Gasteiger partial charge in [0, 0.05) is 19.3 Å². The van der Waals surface area contributed by atoms with Crippen LogP contribution in [-0.2, 0) is 9.84 Å². The third-order valence-corrected chi connectivity index (χ3v) is 6.73. The number of hydrogen-bond acceptors (Lipinski definition) is 6. The Morgan fingerprint density at radius 2 is 1.88 bits per heavy atom. The van der Waals surface area contributed by atoms with Crippen molar-refractivity contribution in [1.82, 2.24) is 10.3 Å². The molecule has 11 heteroatoms. The molecule has 1 aromatic heterocycles. The number of anilines is 2. The van der Waals surface area contributed by atoms with Gasteiger partial charge in [-0.3, -0.25) is 0 Å². The first kappa shape index (κ1) is 18.7. The van der Waals surface area contributed by atoms with E-state index in [9.17, 15) is 18.3 Å². The zero-order chi connectivity index (χ0) is 18.9. The number of urea groups is 1. The fourth-order valence-electron chi connectivity index (χ4n) is 2.32. The highest BCUT2D eigenvalue weighted by Gasteiger charge is 2.36. The topological polar surface area (TPSA) is 120 Å². The lowest BCUT2D eigenvalue weighted by atomic mass is 10.3. The number of aromatic nitrogens is 1. The minimum Gasteiger partial charge on any atom is -0.504 e. The highest BCUT2D eigenvalue weighted by atomic mass is 35.5. The Hall–Kier alpha value is -2.07. The fourth-order valence-corrected chi connectivity index (χ4v) is 4.69. The first-order chi connectivity index (χ1) is 12.3. The summed E-state index contributed by atoms with van der Waals surface area (Å²) in [5.74, 6) is -0.614. The second-order valence-electron chi connectivity index (χ2n) is 5.52. The number of aromatic hydroxyl groups is 1. The molecule has 0 spiro atoms. The third kappa shape index (κ3) is 3.56. The van der Waals surface area contributed by atoms with Gasteiger partial charge in [-0.2, -0.15) is 0 Å². The quantitative estimate of drug-likeness (QED) is 0.448. The first-order valence-electron chi connectivity index (χ1n) is 7.45. The van der Waals surface area contributed by atoms with Crippen molar-refractivity contribution in [3.63, 3.8) is 0 Å². The maximum atomic E-state index is 12.6. The molecular weight excluding hydrogens is 403 g/mol. The molecule has 1 saturated heterocycles. The molecule has 0 aliphatic carbocycles. The maximum Gasteiger partial charge on any atom is 0.323 e. The van der Waals surface area contributed by atoms with Crippen LogP contribution in [0.4, 0.5) is 16.2 Å². The summed E-state index contributed by atoms with van der Waals surface area (Å²) in [4.78, 5) is 15.5. The second-order valence-corrected chi connectivity index (χ2v) is 8.45. The summed E-state index contributed by atoms with van der Waals surface area (Å²) in [6.45, 7) is 0.547. The van der Waals surface area contributed by atoms with Crippen molar-refractivity contribution in [3.05, 3.63) is 40.6 Å². The number of hydrogen-bond donors (Lipinski definition) is 4. The van der Waals surface area contributed by atoms with Crippen LogP contribution in [0.3, 0.4) is 0 Å². The summed E-state index contributed by atoms with van der Waals surface area (Å²) in [7, 11) is -3.83. The number of sulfone groups is 1. The average Bonchev–Trinajstić information content (AvgIpc) is 2.50. The van der Waals surface area contributed by atoms with Gasteiger partial charge in [-0.1, -0.05) is 23.2 Å². The molecule has 2 heterocycles. The lowest BCUT2D eigenvalue weighted by molar-refractivity contribution is 0.262. The minimum absolute atomic E-state index is 0.0868. The molecule has 0 bridgehead atoms. The van der Waals surface area contributed by atoms with E-state index < -0.39 is 31.8 Å². The number of pyridine rings is 1. The number of carbonyl (C=O) groups excluding carboxylic acids is 1. The van der Waals surface area contributed by atoms with Crippen LogP contribution < -0.4 is 16.0 Å². The molecule has 1 aliphatic rings. The van der Waals surface area contributed by atoms with Crippen LogP contribution in [0.5, 0.6) is 5.75 Å². The average molecular weight is 417 g/mol. The number of phenolic OH excluding ortho intramolecular Hbond substituents is 1. The van der Waals surface area contributed by atoms with E-state index in [1.807, 2.05) is 0 Å². The zero-order valence-corrected chi connectivity index (χ0v) is 15.5. The van der Waals surface area contributed by atoms with Crippen molar-refractivity contribution < 1.29 is 18.3 Å². The Kier molecular flexibility index (Phi) is 5.24. The SMILES string of the molecule is O=C(Nc1cccnc1Cl)Nc1ccc(Cl)c(S(=O)(=O)C2CNC2)c1O. The number of rotatable bonds is 4. The molecule has 26 heavy (non-hydrogen) atoms. The Bertz CT molecular complexity index is 964. The molecule has 0 radical (unpaired) electrons. The summed E-state index contributed by atoms with van der Waals surface area (Å²) in [5.41, 5.74) is 0.159. The normalized spacial score (nSPS) is 14.5. The smallest absolute Gasteiger partial charge is 0.323 e. The molecule has 138 valence electrons. The summed E-state index contributed by atoms with van der Waals surface area (Å²) in [5, 5.41) is 17.4. The molecule has 1 aromatic carbocycles. The minimum atomic E-state index is -3.83. The molecule has 1 fully saturated rings. The highest BCUT2D eigenvalue weighted by molar-refractivity contribution is 7.92. The number of nitrogens with zero attached hydrogens (tertiary/aromatic N) is 1. The maximum absolute atomic E-state index is 12.6. The van der Waals surface area contributed by atoms with Gasteiger partial charge in [0.05, 0.1) is 21.6 Å². The van der Waals surface area contributed by atoms with Crippen LogP contribution in [0.15, 0.2) is 35.4 Å². The Morgan fingerprint density at radius 1 is 1.19 bits per heavy atom. The van der Waals surface area contributed by atoms with Crippen LogP contribution >= 0.6 is 23.2 Å². The summed E-state index contributed by atoms with van der Waals surface area (Å²) >= 11 is 11.8. The van der Waals surface area contributed by atoms with Gasteiger partial charge in [0.2, 0.25) is 0 Å². The predicted molar refractivity (Wildman–Crippen MR) is 98.8 cm³/mol. The number of amides is 2. The number of halogens is 2. The molecule has 2 amide bonds. The molecule has 3 rings (SSSR count). The van der Waals surface area contributed by atoms with E-state index in [0.717, 1.165) is 0 Å². The lowest BCUT2D eigenvalue weighted by Gasteiger charge is -2.27. The van der Waals surface area contributed by atoms with E-state index in [1.165, 1.54) is 24.4 Å². The summed E-state index contributed by atoms with van der Waals surface area (Å²) < 4.78 is 25.2. The van der Waals surface area contributed by atoms with Gasteiger partial charge in [0.15, 0.2) is 20.7 Å². The number of nitrogens with one attached hydrogen (secondary N) is 3. The second kappa shape index (κ2) is 7.28. The Morgan fingerprint density at radius 3 is 2.50 bits per heavy atom. The summed E-state index contributed by atoms with van der Waals surface area (Å²) in [6, 6.07) is 4.99. The number of carbonyl (C=O) groups is 1. The lowest BCUT2D eigenvalue weighted by Crippen LogP contribution is -2.51. The van der Waals surface area contributed by atoms with E-state index in [4.69, 9.17) is 23.2 Å². The van der Waals surface area contributed by atoms with Gasteiger partial charge in [-0.15, -0.1) is 0 Å². The van der Waals surface area contributed by atoms with E-state index in [0.29, 0.717) is 0 Å². The van der Waals surface area contributed by atoms with Crippen molar-refractivity contribution in [2.75, 3.05) is 23.7 Å². The Balaban J connectivity index is 1.86. The van der Waals surface area contributed by atoms with Gasteiger partial charge in [-0.25, -0.2) is 18.2 Å². The van der Waals surface area contributed by atoms with Crippen molar-refractivity contribution in [3.8, 4) is 5.75 Å². The summed E-state index contributed by atoms with van der Waals surface area (Å²) in [6.07, 6.45) is 1.46. The Labute approximate surface area is 159 Å². The van der Waals surface area contributed by atoms with Gasteiger partial charge in [-0.05, 0) is 24.3 Å². The van der Waals surface area contributed by atoms with Crippen molar-refractivity contribution in [2.24, 2.45) is 0 Å². The van der Waals surface area contributed by atoms with Crippen LogP contribution in [0, 0.1) is 0 Å². The largest absolute Gasteiger partial charge is 0.504 e. The van der Waals surface area contributed by atoms with Gasteiger partial charge in [0.1, 0.15) is 4.90 Å². The molecule has 1 aliphatic heterocycles. The molecular formula is C15H14Cl2N4O4S. The fraction of sp³-hybridized carbons (Fsp3) is 0.200. The number of phenols is 1. The third-order valence-electron chi connectivity index (χ3n) is 3.81. The van der Waals surface area contributed by atoms with Crippen LogP contribution in [-0.4, -0.2) is 42.9 Å². The molecule has 2 aromatic rings. The molecule has 0 saturated carbocycles. The van der Waals surface area contributed by atoms with Gasteiger partial charge in [0.25, 0.3) is 0 Å². The van der Waals surface area contributed by atoms with E-state index in [1.54, 1.807) is 6.07 Å². The van der Waals surface area contributed by atoms with E-state index >= 15 is 0 Å². The van der Waals surface area contributed by atoms with E-state index in [-0.39, 0.29) is 34.6 Å². The molecule has 8 nitrogen and oxygen atoms in total. The van der Waals surface area contributed by atoms with Crippen LogP contribution in [0.25, 0.3) is 0 Å². The standard InChI is InChI=1S/C15H14Cl2N4O4S/c16-9-3-4-10(12(22)13(9)26(24,25)8-6-18-7-8)20-15(23)21-11-2-1-5-19-14(11)17/h1-5,8,18,22H,6-7H2,(H2,20,21,23). The van der Waals surface area contributed by atoms with E-state index in [2.05, 4.69) is 20.9 Å². The molecule has 0 unspecified atom stereocenters. The monoisotopic (exact) mass is 416 g/mol. The van der Waals surface area contributed by atoms with Crippen molar-refractivity contribution >= 4 is 50.4 Å². The predicted octanol–water partition coefficient (Wildman–Crippen LogP) is 2.48. The zero-order valence-electron chi connectivity index (χ0n) is 13.2. The molecule has 0 atom stereocenters. The highest BCUT2D eigenvalue weighted by Crippen LogP contribution is 2.39.